The van der Waals surface area contributed by atoms with Crippen molar-refractivity contribution < 1.29 is 0 Å². The number of nitrogens with zero attached hydrogens (tertiary/aromatic N) is 1. The van der Waals surface area contributed by atoms with Crippen molar-refractivity contribution in [2.75, 3.05) is 13.1 Å². The average molecular weight is 190 g/mol. The van der Waals surface area contributed by atoms with Crippen molar-refractivity contribution >= 4 is 0 Å². The van der Waals surface area contributed by atoms with Crippen LogP contribution in [0.3, 0.4) is 0 Å². The lowest BCUT2D eigenvalue weighted by atomic mass is 9.87. The van der Waals surface area contributed by atoms with E-state index in [4.69, 9.17) is 5.84 Å². The summed E-state index contributed by atoms with van der Waals surface area (Å²) in [6.45, 7) is 4.25. The van der Waals surface area contributed by atoms with E-state index < -0.39 is 0 Å². The summed E-state index contributed by atoms with van der Waals surface area (Å²) in [5, 5.41) is 1.93. The number of benzene rings is 1. The first kappa shape index (κ1) is 9.69. The SMILES string of the molecule is Cc1ccccc1C1CCN(N)CC1. The molecule has 0 bridgehead atoms. The van der Waals surface area contributed by atoms with Crippen LogP contribution < -0.4 is 5.84 Å². The second kappa shape index (κ2) is 4.11. The quantitative estimate of drug-likeness (QED) is 0.687. The highest BCUT2D eigenvalue weighted by atomic mass is 15.4. The number of nitrogens with two attached hydrogens (primary N) is 1. The third-order valence-electron chi connectivity index (χ3n) is 3.16. The van der Waals surface area contributed by atoms with Crippen molar-refractivity contribution in [2.45, 2.75) is 25.7 Å². The van der Waals surface area contributed by atoms with Gasteiger partial charge in [0.25, 0.3) is 0 Å². The van der Waals surface area contributed by atoms with E-state index >= 15 is 0 Å². The summed E-state index contributed by atoms with van der Waals surface area (Å²) < 4.78 is 0. The van der Waals surface area contributed by atoms with E-state index in [1.807, 2.05) is 5.01 Å². The normalized spacial score (nSPS) is 19.9. The van der Waals surface area contributed by atoms with Gasteiger partial charge in [-0.2, -0.15) is 0 Å². The van der Waals surface area contributed by atoms with Gasteiger partial charge in [0.1, 0.15) is 0 Å². The lowest BCUT2D eigenvalue weighted by Crippen LogP contribution is -2.38. The molecule has 0 aromatic heterocycles. The molecule has 1 heterocycles. The average Bonchev–Trinajstić information content (AvgIpc) is 2.20. The van der Waals surface area contributed by atoms with Gasteiger partial charge in [0.15, 0.2) is 0 Å². The maximum atomic E-state index is 5.75. The van der Waals surface area contributed by atoms with E-state index in [1.54, 1.807) is 0 Å². The van der Waals surface area contributed by atoms with Crippen LogP contribution in [0.15, 0.2) is 24.3 Å². The highest BCUT2D eigenvalue weighted by molar-refractivity contribution is 5.29. The lowest BCUT2D eigenvalue weighted by molar-refractivity contribution is 0.217. The second-order valence-electron chi connectivity index (χ2n) is 4.17. The first-order chi connectivity index (χ1) is 6.77. The van der Waals surface area contributed by atoms with Crippen LogP contribution in [0.5, 0.6) is 0 Å². The Morgan fingerprint density at radius 1 is 1.21 bits per heavy atom. The summed E-state index contributed by atoms with van der Waals surface area (Å²) in [6.07, 6.45) is 2.39. The minimum atomic E-state index is 0.719. The first-order valence-corrected chi connectivity index (χ1v) is 5.32. The zero-order valence-electron chi connectivity index (χ0n) is 8.74. The van der Waals surface area contributed by atoms with Gasteiger partial charge < -0.3 is 0 Å². The predicted molar refractivity (Wildman–Crippen MR) is 58.9 cm³/mol. The summed E-state index contributed by atoms with van der Waals surface area (Å²) in [5.41, 5.74) is 2.93. The van der Waals surface area contributed by atoms with Crippen LogP contribution >= 0.6 is 0 Å². The van der Waals surface area contributed by atoms with Crippen molar-refractivity contribution in [1.82, 2.24) is 5.01 Å². The summed E-state index contributed by atoms with van der Waals surface area (Å²) >= 11 is 0. The first-order valence-electron chi connectivity index (χ1n) is 5.32. The van der Waals surface area contributed by atoms with E-state index in [2.05, 4.69) is 31.2 Å². The van der Waals surface area contributed by atoms with Crippen LogP contribution in [-0.4, -0.2) is 18.1 Å². The van der Waals surface area contributed by atoms with Gasteiger partial charge >= 0.3 is 0 Å². The standard InChI is InChI=1S/C12H18N2/c1-10-4-2-3-5-12(10)11-6-8-14(13)9-7-11/h2-5,11H,6-9,13H2,1H3. The van der Waals surface area contributed by atoms with E-state index in [0.29, 0.717) is 0 Å². The third kappa shape index (κ3) is 1.97. The maximum Gasteiger partial charge on any atom is 0.0134 e. The van der Waals surface area contributed by atoms with Gasteiger partial charge in [0.05, 0.1) is 0 Å². The van der Waals surface area contributed by atoms with Crippen molar-refractivity contribution in [1.29, 1.82) is 0 Å². The number of rotatable bonds is 1. The smallest absolute Gasteiger partial charge is 0.0134 e. The van der Waals surface area contributed by atoms with Crippen LogP contribution in [0.4, 0.5) is 0 Å². The fourth-order valence-electron chi connectivity index (χ4n) is 2.26. The molecule has 0 atom stereocenters. The molecule has 1 saturated heterocycles. The molecule has 14 heavy (non-hydrogen) atoms. The van der Waals surface area contributed by atoms with E-state index in [9.17, 15) is 0 Å². The molecule has 1 aliphatic heterocycles. The Hall–Kier alpha value is -0.860. The minimum absolute atomic E-state index is 0.719. The maximum absolute atomic E-state index is 5.75. The Balaban J connectivity index is 2.12. The molecule has 2 rings (SSSR count). The molecule has 1 aliphatic rings. The predicted octanol–water partition coefficient (Wildman–Crippen LogP) is 2.05. The van der Waals surface area contributed by atoms with Crippen molar-refractivity contribution in [3.8, 4) is 0 Å². The molecule has 0 saturated carbocycles. The third-order valence-corrected chi connectivity index (χ3v) is 3.16. The van der Waals surface area contributed by atoms with Gasteiger partial charge in [-0.05, 0) is 36.8 Å². The molecule has 0 radical (unpaired) electrons. The highest BCUT2D eigenvalue weighted by Crippen LogP contribution is 2.28. The van der Waals surface area contributed by atoms with Gasteiger partial charge in [0, 0.05) is 13.1 Å². The number of piperidine rings is 1. The topological polar surface area (TPSA) is 29.3 Å². The number of aryl methyl sites for hydroxylation is 1. The molecule has 0 aliphatic carbocycles. The molecular weight excluding hydrogens is 172 g/mol. The van der Waals surface area contributed by atoms with Gasteiger partial charge in [0.2, 0.25) is 0 Å². The Morgan fingerprint density at radius 3 is 2.50 bits per heavy atom. The fraction of sp³-hybridized carbons (Fsp3) is 0.500. The largest absolute Gasteiger partial charge is 0.269 e. The molecular formula is C12H18N2. The van der Waals surface area contributed by atoms with E-state index in [-0.39, 0.29) is 0 Å². The molecule has 1 aromatic carbocycles. The molecule has 2 nitrogen and oxygen atoms in total. The number of hydrogen-bond donors (Lipinski definition) is 1. The molecule has 0 unspecified atom stereocenters. The summed E-state index contributed by atoms with van der Waals surface area (Å²) in [4.78, 5) is 0. The van der Waals surface area contributed by atoms with E-state index in [0.717, 1.165) is 19.0 Å². The molecule has 2 N–H and O–H groups in total. The molecule has 0 amide bonds. The summed E-state index contributed by atoms with van der Waals surface area (Å²) in [7, 11) is 0. The van der Waals surface area contributed by atoms with Gasteiger partial charge in [-0.3, -0.25) is 5.84 Å². The molecule has 1 aromatic rings. The van der Waals surface area contributed by atoms with Crippen LogP contribution in [0.2, 0.25) is 0 Å². The molecule has 0 spiro atoms. The molecule has 76 valence electrons. The number of hydrogen-bond acceptors (Lipinski definition) is 2. The van der Waals surface area contributed by atoms with Crippen LogP contribution in [0.25, 0.3) is 0 Å². The van der Waals surface area contributed by atoms with E-state index in [1.165, 1.54) is 24.0 Å². The molecule has 2 heteroatoms. The van der Waals surface area contributed by atoms with Crippen LogP contribution in [0.1, 0.15) is 29.9 Å². The highest BCUT2D eigenvalue weighted by Gasteiger charge is 2.19. The Labute approximate surface area is 85.7 Å². The Kier molecular flexibility index (Phi) is 2.85. The van der Waals surface area contributed by atoms with Gasteiger partial charge in [-0.1, -0.05) is 24.3 Å². The summed E-state index contributed by atoms with van der Waals surface area (Å²) in [6, 6.07) is 8.70. The fourth-order valence-corrected chi connectivity index (χ4v) is 2.26. The second-order valence-corrected chi connectivity index (χ2v) is 4.17. The Morgan fingerprint density at radius 2 is 1.86 bits per heavy atom. The summed E-state index contributed by atoms with van der Waals surface area (Å²) in [5.74, 6) is 6.46. The molecule has 1 fully saturated rings. The van der Waals surface area contributed by atoms with Crippen LogP contribution in [-0.2, 0) is 0 Å². The van der Waals surface area contributed by atoms with Gasteiger partial charge in [-0.15, -0.1) is 0 Å². The van der Waals surface area contributed by atoms with Crippen LogP contribution in [0, 0.1) is 6.92 Å². The van der Waals surface area contributed by atoms with Crippen molar-refractivity contribution in [3.05, 3.63) is 35.4 Å². The monoisotopic (exact) mass is 190 g/mol. The number of hydrazine groups is 1. The Bertz CT molecular complexity index is 301. The van der Waals surface area contributed by atoms with Crippen molar-refractivity contribution in [2.24, 2.45) is 5.84 Å². The van der Waals surface area contributed by atoms with Gasteiger partial charge in [-0.25, -0.2) is 5.01 Å². The minimum Gasteiger partial charge on any atom is -0.269 e. The lowest BCUT2D eigenvalue weighted by Gasteiger charge is -2.29. The van der Waals surface area contributed by atoms with Crippen molar-refractivity contribution in [3.63, 3.8) is 0 Å². The zero-order chi connectivity index (χ0) is 9.97. The zero-order valence-corrected chi connectivity index (χ0v) is 8.74.